The molecule has 36 heavy (non-hydrogen) atoms. The molecule has 5 rings (SSSR count). The number of furan rings is 1. The van der Waals surface area contributed by atoms with Gasteiger partial charge in [0.25, 0.3) is 5.95 Å². The SMILES string of the molecule is CC(NC(=O)Oc1ccc(-c2cc(C3CC3)cc(C3CC3)c2)o1)c1cc(F)c(NS(C)(=O)=O)c(F)c1. The van der Waals surface area contributed by atoms with E-state index in [-0.39, 0.29) is 11.5 Å². The molecule has 0 aliphatic heterocycles. The Morgan fingerprint density at radius 3 is 2.11 bits per heavy atom. The molecule has 0 bridgehead atoms. The van der Waals surface area contributed by atoms with Crippen LogP contribution in [0.5, 0.6) is 5.95 Å². The van der Waals surface area contributed by atoms with E-state index in [2.05, 4.69) is 23.5 Å². The second kappa shape index (κ2) is 9.24. The van der Waals surface area contributed by atoms with Crippen molar-refractivity contribution >= 4 is 21.8 Å². The van der Waals surface area contributed by atoms with E-state index in [0.29, 0.717) is 17.6 Å². The number of benzene rings is 2. The van der Waals surface area contributed by atoms with Crippen LogP contribution < -0.4 is 14.8 Å². The zero-order valence-corrected chi connectivity index (χ0v) is 20.6. The number of halogens is 2. The monoisotopic (exact) mass is 516 g/mol. The molecule has 3 aromatic rings. The van der Waals surface area contributed by atoms with Gasteiger partial charge in [-0.2, -0.15) is 0 Å². The lowest BCUT2D eigenvalue weighted by molar-refractivity contribution is 0.184. The Morgan fingerprint density at radius 1 is 1.00 bits per heavy atom. The van der Waals surface area contributed by atoms with Gasteiger partial charge in [0, 0.05) is 11.6 Å². The molecule has 1 heterocycles. The third-order valence-corrected chi connectivity index (χ3v) is 6.90. The largest absolute Gasteiger partial charge is 0.425 e. The van der Waals surface area contributed by atoms with E-state index in [1.807, 2.05) is 0 Å². The molecule has 0 spiro atoms. The van der Waals surface area contributed by atoms with Gasteiger partial charge in [-0.3, -0.25) is 4.72 Å². The van der Waals surface area contributed by atoms with E-state index in [4.69, 9.17) is 9.15 Å². The summed E-state index contributed by atoms with van der Waals surface area (Å²) in [5.74, 6) is -0.422. The highest BCUT2D eigenvalue weighted by Crippen LogP contribution is 2.46. The minimum atomic E-state index is -3.86. The van der Waals surface area contributed by atoms with Crippen molar-refractivity contribution < 1.29 is 31.1 Å². The molecule has 2 N–H and O–H groups in total. The van der Waals surface area contributed by atoms with Crippen LogP contribution in [-0.2, 0) is 10.0 Å². The molecule has 2 saturated carbocycles. The molecular weight excluding hydrogens is 490 g/mol. The third kappa shape index (κ3) is 5.70. The third-order valence-electron chi connectivity index (χ3n) is 6.32. The summed E-state index contributed by atoms with van der Waals surface area (Å²) in [7, 11) is -3.86. The number of amides is 1. The average molecular weight is 517 g/mol. The fourth-order valence-corrected chi connectivity index (χ4v) is 4.73. The van der Waals surface area contributed by atoms with E-state index < -0.39 is 39.5 Å². The first-order valence-electron chi connectivity index (χ1n) is 11.8. The topological polar surface area (TPSA) is 97.6 Å². The van der Waals surface area contributed by atoms with Gasteiger partial charge in [0.1, 0.15) is 11.4 Å². The Kier molecular flexibility index (Phi) is 6.23. The van der Waals surface area contributed by atoms with Gasteiger partial charge in [-0.25, -0.2) is 22.0 Å². The fourth-order valence-electron chi connectivity index (χ4n) is 4.16. The lowest BCUT2D eigenvalue weighted by Gasteiger charge is -2.15. The van der Waals surface area contributed by atoms with Crippen molar-refractivity contribution in [2.75, 3.05) is 11.0 Å². The fraction of sp³-hybridized carbons (Fsp3) is 0.346. The van der Waals surface area contributed by atoms with Crippen molar-refractivity contribution in [3.8, 4) is 17.3 Å². The van der Waals surface area contributed by atoms with Crippen molar-refractivity contribution in [3.63, 3.8) is 0 Å². The van der Waals surface area contributed by atoms with Crippen LogP contribution in [0, 0.1) is 11.6 Å². The Labute approximate surface area is 207 Å². The van der Waals surface area contributed by atoms with Crippen LogP contribution in [0.25, 0.3) is 11.3 Å². The molecule has 7 nitrogen and oxygen atoms in total. The molecule has 1 unspecified atom stereocenters. The second-order valence-electron chi connectivity index (χ2n) is 9.54. The first-order valence-corrected chi connectivity index (χ1v) is 13.6. The summed E-state index contributed by atoms with van der Waals surface area (Å²) in [4.78, 5) is 12.4. The minimum absolute atomic E-state index is 0.00967. The second-order valence-corrected chi connectivity index (χ2v) is 11.3. The lowest BCUT2D eigenvalue weighted by atomic mass is 9.99. The predicted octanol–water partition coefficient (Wildman–Crippen LogP) is 6.20. The summed E-state index contributed by atoms with van der Waals surface area (Å²) >= 11 is 0. The van der Waals surface area contributed by atoms with Gasteiger partial charge in [0.15, 0.2) is 11.6 Å². The number of carbonyl (C=O) groups is 1. The van der Waals surface area contributed by atoms with Gasteiger partial charge in [-0.1, -0.05) is 6.07 Å². The molecule has 0 radical (unpaired) electrons. The summed E-state index contributed by atoms with van der Waals surface area (Å²) in [5.41, 5.74) is 2.88. The zero-order chi connectivity index (χ0) is 25.6. The number of hydrogen-bond donors (Lipinski definition) is 2. The number of anilines is 1. The Morgan fingerprint density at radius 2 is 1.58 bits per heavy atom. The first kappa shape index (κ1) is 24.3. The minimum Gasteiger partial charge on any atom is -0.425 e. The Balaban J connectivity index is 1.26. The molecule has 1 aromatic heterocycles. The van der Waals surface area contributed by atoms with Crippen LogP contribution in [0.3, 0.4) is 0 Å². The molecule has 1 atom stereocenters. The summed E-state index contributed by atoms with van der Waals surface area (Å²) in [5, 5.41) is 2.49. The molecule has 2 aromatic carbocycles. The van der Waals surface area contributed by atoms with Gasteiger partial charge in [0.05, 0.1) is 12.3 Å². The standard InChI is InChI=1S/C26H26F2N2O5S/c1-14(17-12-21(27)25(22(28)13-17)30-36(2,32)33)29-26(31)35-24-8-7-23(34-24)20-10-18(15-3-4-15)9-19(11-20)16-5-6-16/h7-16,30H,3-6H2,1-2H3,(H,29,31). The van der Waals surface area contributed by atoms with E-state index in [1.54, 1.807) is 16.9 Å². The van der Waals surface area contributed by atoms with Gasteiger partial charge in [-0.15, -0.1) is 0 Å². The number of carbonyl (C=O) groups excluding carboxylic acids is 1. The van der Waals surface area contributed by atoms with Crippen LogP contribution in [0.4, 0.5) is 19.3 Å². The molecular formula is C26H26F2N2O5S. The van der Waals surface area contributed by atoms with Gasteiger partial charge < -0.3 is 14.5 Å². The summed E-state index contributed by atoms with van der Waals surface area (Å²) in [6.07, 6.45) is 4.71. The van der Waals surface area contributed by atoms with Crippen molar-refractivity contribution in [2.24, 2.45) is 0 Å². The Bertz CT molecular complexity index is 1370. The zero-order valence-electron chi connectivity index (χ0n) is 19.8. The lowest BCUT2D eigenvalue weighted by Crippen LogP contribution is -2.29. The molecule has 2 aliphatic rings. The van der Waals surface area contributed by atoms with Crippen LogP contribution in [0.2, 0.25) is 0 Å². The highest BCUT2D eigenvalue weighted by atomic mass is 32.2. The normalized spacial score (nSPS) is 16.4. The first-order chi connectivity index (χ1) is 17.1. The van der Waals surface area contributed by atoms with Gasteiger partial charge in [0.2, 0.25) is 10.0 Å². The molecule has 2 aliphatic carbocycles. The number of ether oxygens (including phenoxy) is 1. The van der Waals surface area contributed by atoms with E-state index in [1.165, 1.54) is 43.7 Å². The number of nitrogens with one attached hydrogen (secondary N) is 2. The maximum absolute atomic E-state index is 14.3. The van der Waals surface area contributed by atoms with Crippen molar-refractivity contribution in [2.45, 2.75) is 50.5 Å². The number of rotatable bonds is 8. The van der Waals surface area contributed by atoms with Crippen LogP contribution in [-0.4, -0.2) is 20.8 Å². The van der Waals surface area contributed by atoms with E-state index in [0.717, 1.165) is 24.0 Å². The van der Waals surface area contributed by atoms with Crippen LogP contribution in [0.15, 0.2) is 46.9 Å². The Hall–Kier alpha value is -3.40. The quantitative estimate of drug-likeness (QED) is 0.372. The molecule has 1 amide bonds. The number of hydrogen-bond acceptors (Lipinski definition) is 5. The maximum atomic E-state index is 14.3. The van der Waals surface area contributed by atoms with Crippen LogP contribution >= 0.6 is 0 Å². The number of sulfonamides is 1. The smallest absolute Gasteiger partial charge is 0.415 e. The van der Waals surface area contributed by atoms with Crippen molar-refractivity contribution in [3.05, 3.63) is 70.8 Å². The van der Waals surface area contributed by atoms with Crippen molar-refractivity contribution in [1.29, 1.82) is 0 Å². The molecule has 2 fully saturated rings. The molecule has 10 heteroatoms. The van der Waals surface area contributed by atoms with Gasteiger partial charge in [-0.05, 0) is 91.5 Å². The molecule has 190 valence electrons. The maximum Gasteiger partial charge on any atom is 0.415 e. The van der Waals surface area contributed by atoms with E-state index in [9.17, 15) is 22.0 Å². The highest BCUT2D eigenvalue weighted by molar-refractivity contribution is 7.92. The summed E-state index contributed by atoms with van der Waals surface area (Å²) in [6, 6.07) is 10.9. The highest BCUT2D eigenvalue weighted by Gasteiger charge is 2.29. The van der Waals surface area contributed by atoms with E-state index >= 15 is 0 Å². The molecule has 0 saturated heterocycles. The predicted molar refractivity (Wildman–Crippen MR) is 130 cm³/mol. The summed E-state index contributed by atoms with van der Waals surface area (Å²) < 4.78 is 64.0. The summed E-state index contributed by atoms with van der Waals surface area (Å²) in [6.45, 7) is 1.51. The van der Waals surface area contributed by atoms with Crippen LogP contribution in [0.1, 0.15) is 67.2 Å². The van der Waals surface area contributed by atoms with Gasteiger partial charge >= 0.3 is 6.09 Å². The average Bonchev–Trinajstić information content (AvgIpc) is 3.72. The van der Waals surface area contributed by atoms with Crippen molar-refractivity contribution in [1.82, 2.24) is 5.32 Å².